The summed E-state index contributed by atoms with van der Waals surface area (Å²) in [5, 5.41) is 13.9. The summed E-state index contributed by atoms with van der Waals surface area (Å²) < 4.78 is 38.0. The van der Waals surface area contributed by atoms with Gasteiger partial charge in [0.05, 0.1) is 42.6 Å². The van der Waals surface area contributed by atoms with Crippen LogP contribution in [0.2, 0.25) is 0 Å². The molecule has 40 heavy (non-hydrogen) atoms. The zero-order valence-electron chi connectivity index (χ0n) is 23.2. The number of aromatic nitrogens is 2. The fourth-order valence-corrected chi connectivity index (χ4v) is 3.59. The Kier molecular flexibility index (Phi) is 12.6. The minimum atomic E-state index is -3.67. The predicted octanol–water partition coefficient (Wildman–Crippen LogP) is 4.50. The molecule has 4 N–H and O–H groups in total. The van der Waals surface area contributed by atoms with Gasteiger partial charge in [-0.3, -0.25) is 15.3 Å². The van der Waals surface area contributed by atoms with Crippen LogP contribution in [0.5, 0.6) is 0 Å². The van der Waals surface area contributed by atoms with E-state index in [-0.39, 0.29) is 11.8 Å². The third-order valence-corrected chi connectivity index (χ3v) is 5.57. The summed E-state index contributed by atoms with van der Waals surface area (Å²) in [4.78, 5) is 28.5. The number of rotatable bonds is 11. The van der Waals surface area contributed by atoms with E-state index in [4.69, 9.17) is 19.4 Å². The second-order valence-corrected chi connectivity index (χ2v) is 10.3. The number of esters is 1. The van der Waals surface area contributed by atoms with Gasteiger partial charge in [0.15, 0.2) is 0 Å². The lowest BCUT2D eigenvalue weighted by Gasteiger charge is -2.10. The van der Waals surface area contributed by atoms with Gasteiger partial charge in [-0.05, 0) is 55.8 Å². The van der Waals surface area contributed by atoms with Crippen molar-refractivity contribution >= 4 is 44.7 Å². The molecule has 1 aromatic heterocycles. The number of hydrogen-bond acceptors (Lipinski definition) is 9. The van der Waals surface area contributed by atoms with E-state index in [1.54, 1.807) is 31.2 Å². The number of carbonyl (C=O) groups excluding carboxylic acids is 2. The van der Waals surface area contributed by atoms with Crippen molar-refractivity contribution in [1.82, 2.24) is 14.9 Å². The minimum Gasteiger partial charge on any atom is -0.462 e. The van der Waals surface area contributed by atoms with Crippen LogP contribution in [0.1, 0.15) is 61.3 Å². The number of nitrogens with one attached hydrogen (secondary N) is 3. The summed E-state index contributed by atoms with van der Waals surface area (Å²) in [5.74, 6) is 0.434. The van der Waals surface area contributed by atoms with Crippen molar-refractivity contribution in [2.45, 2.75) is 46.1 Å². The van der Waals surface area contributed by atoms with Crippen LogP contribution in [0.4, 0.5) is 10.5 Å². The molecule has 1 heterocycles. The van der Waals surface area contributed by atoms with Gasteiger partial charge in [-0.15, -0.1) is 0 Å². The van der Waals surface area contributed by atoms with E-state index in [0.29, 0.717) is 37.1 Å². The van der Waals surface area contributed by atoms with Crippen molar-refractivity contribution in [3.63, 3.8) is 0 Å². The summed E-state index contributed by atoms with van der Waals surface area (Å²) in [5.41, 5.74) is 3.54. The molecule has 1 amide bonds. The Balaban J connectivity index is 0.00000103. The van der Waals surface area contributed by atoms with Gasteiger partial charge in [-0.1, -0.05) is 26.2 Å². The Hall–Kier alpha value is -3.97. The molecule has 2 aromatic carbocycles. The van der Waals surface area contributed by atoms with Crippen LogP contribution in [0.3, 0.4) is 0 Å². The van der Waals surface area contributed by atoms with Crippen LogP contribution in [0, 0.1) is 5.41 Å². The molecule has 0 saturated heterocycles. The first-order valence-electron chi connectivity index (χ1n) is 12.8. The first-order valence-corrected chi connectivity index (χ1v) is 14.7. The third-order valence-electron chi connectivity index (χ3n) is 5.57. The maximum Gasteiger partial charge on any atom is 0.412 e. The number of aryl methyl sites for hydroxylation is 1. The summed E-state index contributed by atoms with van der Waals surface area (Å²) in [7, 11) is -1.74. The van der Waals surface area contributed by atoms with Crippen molar-refractivity contribution < 1.29 is 32.0 Å². The average Bonchev–Trinajstić information content (AvgIpc) is 3.21. The molecule has 0 saturated carbocycles. The molecule has 0 aliphatic heterocycles. The maximum atomic E-state index is 12.0. The van der Waals surface area contributed by atoms with E-state index in [0.717, 1.165) is 48.2 Å². The van der Waals surface area contributed by atoms with E-state index in [1.807, 2.05) is 29.8 Å². The molecule has 3 aromatic rings. The average molecular weight is 576 g/mol. The van der Waals surface area contributed by atoms with Crippen molar-refractivity contribution in [3.05, 3.63) is 59.4 Å². The van der Waals surface area contributed by atoms with Crippen LogP contribution < -0.4 is 10.6 Å². The number of anilines is 1. The Morgan fingerprint density at radius 1 is 1.02 bits per heavy atom. The Labute approximate surface area is 234 Å². The summed E-state index contributed by atoms with van der Waals surface area (Å²) in [6.07, 6.45) is 4.20. The molecule has 0 aliphatic carbocycles. The first-order chi connectivity index (χ1) is 18.9. The minimum absolute atomic E-state index is 0.0112. The molecular formula is C27H37N5O7S. The van der Waals surface area contributed by atoms with Crippen molar-refractivity contribution in [2.75, 3.05) is 24.8 Å². The van der Waals surface area contributed by atoms with Crippen LogP contribution in [-0.2, 0) is 33.2 Å². The number of fused-ring (bicyclic) bond motifs is 1. The van der Waals surface area contributed by atoms with Gasteiger partial charge < -0.3 is 19.4 Å². The highest BCUT2D eigenvalue weighted by Crippen LogP contribution is 2.19. The number of alkyl carbamates (subject to hydrolysis) is 1. The standard InChI is InChI=1S/C26H33N5O4.CH4O3S/c1-4-6-7-8-15-35-26(33)30-24(27)18-9-12-20(13-10-18)28-17-23-29-21-16-19(25(32)34-5-2)11-14-22(21)31(23)3;1-5(2,3)4/h9-14,16,28H,4-8,15,17H2,1-3H3,(H2,27,30,33);1H3,(H,2,3,4). The molecule has 0 atom stereocenters. The fourth-order valence-electron chi connectivity index (χ4n) is 3.59. The van der Waals surface area contributed by atoms with Gasteiger partial charge in [-0.2, -0.15) is 8.42 Å². The molecule has 0 radical (unpaired) electrons. The summed E-state index contributed by atoms with van der Waals surface area (Å²) in [6.45, 7) is 5.05. The monoisotopic (exact) mass is 575 g/mol. The summed E-state index contributed by atoms with van der Waals surface area (Å²) >= 11 is 0. The Bertz CT molecular complexity index is 1390. The number of amidine groups is 1. The molecule has 3 rings (SSSR count). The Morgan fingerprint density at radius 2 is 1.68 bits per heavy atom. The number of nitrogens with zero attached hydrogens (tertiary/aromatic N) is 2. The van der Waals surface area contributed by atoms with Crippen molar-refractivity contribution in [3.8, 4) is 0 Å². The van der Waals surface area contributed by atoms with E-state index < -0.39 is 16.2 Å². The highest BCUT2D eigenvalue weighted by atomic mass is 32.2. The van der Waals surface area contributed by atoms with Gasteiger partial charge >= 0.3 is 12.1 Å². The van der Waals surface area contributed by atoms with Crippen LogP contribution in [0.25, 0.3) is 11.0 Å². The number of amides is 1. The molecule has 13 heteroatoms. The summed E-state index contributed by atoms with van der Waals surface area (Å²) in [6, 6.07) is 12.5. The molecule has 218 valence electrons. The highest BCUT2D eigenvalue weighted by molar-refractivity contribution is 7.85. The lowest BCUT2D eigenvalue weighted by Crippen LogP contribution is -2.31. The lowest BCUT2D eigenvalue weighted by atomic mass is 10.2. The normalized spacial score (nSPS) is 10.8. The van der Waals surface area contributed by atoms with Gasteiger partial charge in [0.1, 0.15) is 11.7 Å². The number of benzene rings is 2. The van der Waals surface area contributed by atoms with E-state index in [1.165, 1.54) is 0 Å². The fraction of sp³-hybridized carbons (Fsp3) is 0.407. The van der Waals surface area contributed by atoms with Gasteiger partial charge in [0.25, 0.3) is 10.1 Å². The number of ether oxygens (including phenoxy) is 2. The van der Waals surface area contributed by atoms with Crippen LogP contribution in [-0.4, -0.2) is 59.9 Å². The van der Waals surface area contributed by atoms with E-state index in [2.05, 4.69) is 22.5 Å². The topological polar surface area (TPSA) is 173 Å². The molecule has 0 fully saturated rings. The van der Waals surface area contributed by atoms with Gasteiger partial charge in [0.2, 0.25) is 0 Å². The smallest absolute Gasteiger partial charge is 0.412 e. The molecular weight excluding hydrogens is 538 g/mol. The van der Waals surface area contributed by atoms with Gasteiger partial charge in [-0.25, -0.2) is 14.6 Å². The lowest BCUT2D eigenvalue weighted by molar-refractivity contribution is 0.0526. The second kappa shape index (κ2) is 15.6. The molecule has 12 nitrogen and oxygen atoms in total. The molecule has 0 spiro atoms. The quantitative estimate of drug-likeness (QED) is 0.0844. The SMILES string of the molecule is CCCCCCOC(=O)NC(=N)c1ccc(NCc2nc3cc(C(=O)OCC)ccc3n2C)cc1.CS(=O)(=O)O. The van der Waals surface area contributed by atoms with Crippen molar-refractivity contribution in [2.24, 2.45) is 7.05 Å². The molecule has 0 unspecified atom stereocenters. The number of hydrogen-bond donors (Lipinski definition) is 4. The van der Waals surface area contributed by atoms with Gasteiger partial charge in [0, 0.05) is 18.3 Å². The maximum absolute atomic E-state index is 12.0. The molecule has 0 bridgehead atoms. The second-order valence-electron chi connectivity index (χ2n) is 8.87. The third kappa shape index (κ3) is 11.0. The zero-order chi connectivity index (χ0) is 29.7. The highest BCUT2D eigenvalue weighted by Gasteiger charge is 2.13. The largest absolute Gasteiger partial charge is 0.462 e. The molecule has 0 aliphatic rings. The first kappa shape index (κ1) is 32.2. The predicted molar refractivity (Wildman–Crippen MR) is 153 cm³/mol. The zero-order valence-corrected chi connectivity index (χ0v) is 24.0. The number of imidazole rings is 1. The Morgan fingerprint density at radius 3 is 2.30 bits per heavy atom. The van der Waals surface area contributed by atoms with Crippen LogP contribution >= 0.6 is 0 Å². The number of unbranched alkanes of at least 4 members (excludes halogenated alkanes) is 3. The van der Waals surface area contributed by atoms with E-state index in [9.17, 15) is 18.0 Å². The van der Waals surface area contributed by atoms with Crippen molar-refractivity contribution in [1.29, 1.82) is 5.41 Å². The van der Waals surface area contributed by atoms with E-state index >= 15 is 0 Å². The van der Waals surface area contributed by atoms with Crippen LogP contribution in [0.15, 0.2) is 42.5 Å². The number of carbonyl (C=O) groups is 2.